The van der Waals surface area contributed by atoms with Crippen LogP contribution >= 0.6 is 0 Å². The van der Waals surface area contributed by atoms with E-state index in [-0.39, 0.29) is 16.9 Å². The van der Waals surface area contributed by atoms with Crippen LogP contribution in [0.5, 0.6) is 5.75 Å². The van der Waals surface area contributed by atoms with E-state index >= 15 is 0 Å². The Bertz CT molecular complexity index is 1130. The molecule has 0 bridgehead atoms. The topological polar surface area (TPSA) is 76.7 Å². The van der Waals surface area contributed by atoms with E-state index in [1.807, 2.05) is 18.2 Å². The van der Waals surface area contributed by atoms with Gasteiger partial charge in [-0.15, -0.1) is 0 Å². The molecular weight excluding hydrogens is 368 g/mol. The number of unbranched alkanes of at least 4 members (excludes halogenated alkanes) is 1. The fraction of sp³-hybridized carbons (Fsp3) is 0.333. The van der Waals surface area contributed by atoms with Gasteiger partial charge >= 0.3 is 5.97 Å². The largest absolute Gasteiger partial charge is 0.497 e. The van der Waals surface area contributed by atoms with Crippen LogP contribution in [0.2, 0.25) is 0 Å². The maximum Gasteiger partial charge on any atom is 0.335 e. The van der Waals surface area contributed by atoms with Gasteiger partial charge in [0.15, 0.2) is 5.43 Å². The van der Waals surface area contributed by atoms with E-state index in [0.717, 1.165) is 30.8 Å². The fourth-order valence-electron chi connectivity index (χ4n) is 4.00. The Labute approximate surface area is 168 Å². The first-order chi connectivity index (χ1) is 14.0. The number of methoxy groups -OCH3 is 1. The molecule has 2 unspecified atom stereocenters. The Morgan fingerprint density at radius 3 is 2.76 bits per heavy atom. The van der Waals surface area contributed by atoms with E-state index in [9.17, 15) is 14.7 Å². The number of ether oxygens (including phenoxy) is 1. The van der Waals surface area contributed by atoms with E-state index in [1.54, 1.807) is 13.2 Å². The third kappa shape index (κ3) is 3.65. The van der Waals surface area contributed by atoms with Crippen molar-refractivity contribution in [2.24, 2.45) is 0 Å². The lowest BCUT2D eigenvalue weighted by Crippen LogP contribution is -2.13. The molecule has 5 nitrogen and oxygen atoms in total. The molecule has 1 fully saturated rings. The Balaban J connectivity index is 1.78. The first kappa shape index (κ1) is 19.2. The molecule has 2 aromatic carbocycles. The van der Waals surface area contributed by atoms with Gasteiger partial charge in [0.2, 0.25) is 0 Å². The second-order valence-corrected chi connectivity index (χ2v) is 7.62. The summed E-state index contributed by atoms with van der Waals surface area (Å²) in [6.45, 7) is 2.08. The SMILES string of the molecule is CCCCc1c(C2CC2c2cccc(OC)c2)oc2ccc(C(=O)O)cc2c1=O. The lowest BCUT2D eigenvalue weighted by Gasteiger charge is -2.11. The monoisotopic (exact) mass is 392 g/mol. The minimum Gasteiger partial charge on any atom is -0.497 e. The molecule has 4 rings (SSSR count). The average molecular weight is 392 g/mol. The number of carboxylic acids is 1. The van der Waals surface area contributed by atoms with Gasteiger partial charge in [0, 0.05) is 11.5 Å². The Morgan fingerprint density at radius 1 is 1.21 bits per heavy atom. The average Bonchev–Trinajstić information content (AvgIpc) is 3.53. The molecule has 0 aliphatic heterocycles. The van der Waals surface area contributed by atoms with Gasteiger partial charge in [0.1, 0.15) is 17.1 Å². The molecule has 29 heavy (non-hydrogen) atoms. The molecule has 5 heteroatoms. The van der Waals surface area contributed by atoms with E-state index in [4.69, 9.17) is 9.15 Å². The molecule has 0 spiro atoms. The summed E-state index contributed by atoms with van der Waals surface area (Å²) in [4.78, 5) is 24.5. The van der Waals surface area contributed by atoms with Gasteiger partial charge < -0.3 is 14.3 Å². The summed E-state index contributed by atoms with van der Waals surface area (Å²) >= 11 is 0. The minimum absolute atomic E-state index is 0.0969. The van der Waals surface area contributed by atoms with Gasteiger partial charge in [0.25, 0.3) is 0 Å². The highest BCUT2D eigenvalue weighted by Gasteiger charge is 2.43. The van der Waals surface area contributed by atoms with Crippen LogP contribution in [0.15, 0.2) is 51.7 Å². The first-order valence-corrected chi connectivity index (χ1v) is 10.00. The van der Waals surface area contributed by atoms with Crippen LogP contribution in [0.4, 0.5) is 0 Å². The first-order valence-electron chi connectivity index (χ1n) is 10.00. The van der Waals surface area contributed by atoms with Crippen LogP contribution in [0.3, 0.4) is 0 Å². The second kappa shape index (κ2) is 7.74. The summed E-state index contributed by atoms with van der Waals surface area (Å²) in [5, 5.41) is 9.61. The van der Waals surface area contributed by atoms with Crippen molar-refractivity contribution in [1.29, 1.82) is 0 Å². The summed E-state index contributed by atoms with van der Waals surface area (Å²) < 4.78 is 11.6. The van der Waals surface area contributed by atoms with Gasteiger partial charge in [-0.1, -0.05) is 25.5 Å². The smallest absolute Gasteiger partial charge is 0.335 e. The van der Waals surface area contributed by atoms with Crippen molar-refractivity contribution in [3.05, 3.63) is 75.1 Å². The zero-order valence-corrected chi connectivity index (χ0v) is 16.6. The standard InChI is InChI=1S/C24H24O5/c1-3-4-8-17-22(25)20-12-15(24(26)27)9-10-21(20)29-23(17)19-13-18(19)14-6-5-7-16(11-14)28-2/h5-7,9-12,18-19H,3-4,8,13H2,1-2H3,(H,26,27). The number of hydrogen-bond acceptors (Lipinski definition) is 4. The number of carboxylic acid groups (broad SMARTS) is 1. The molecule has 1 aromatic heterocycles. The molecule has 1 saturated carbocycles. The van der Waals surface area contributed by atoms with Crippen LogP contribution in [0.25, 0.3) is 11.0 Å². The van der Waals surface area contributed by atoms with Crippen LogP contribution in [-0.4, -0.2) is 18.2 Å². The molecule has 150 valence electrons. The van der Waals surface area contributed by atoms with Gasteiger partial charge in [-0.25, -0.2) is 4.79 Å². The van der Waals surface area contributed by atoms with Crippen molar-refractivity contribution in [2.75, 3.05) is 7.11 Å². The fourth-order valence-corrected chi connectivity index (χ4v) is 4.00. The molecule has 1 N–H and O–H groups in total. The minimum atomic E-state index is -1.05. The normalized spacial score (nSPS) is 18.0. The Hall–Kier alpha value is -3.08. The van der Waals surface area contributed by atoms with Gasteiger partial charge in [-0.05, 0) is 61.1 Å². The zero-order valence-electron chi connectivity index (χ0n) is 16.6. The third-order valence-electron chi connectivity index (χ3n) is 5.69. The summed E-state index contributed by atoms with van der Waals surface area (Å²) in [5.74, 6) is 0.979. The number of fused-ring (bicyclic) bond motifs is 1. The molecule has 1 aliphatic carbocycles. The molecule has 0 radical (unpaired) electrons. The van der Waals surface area contributed by atoms with Crippen LogP contribution in [0, 0.1) is 0 Å². The van der Waals surface area contributed by atoms with Crippen molar-refractivity contribution in [3.63, 3.8) is 0 Å². The highest BCUT2D eigenvalue weighted by Crippen LogP contribution is 2.56. The van der Waals surface area contributed by atoms with Crippen LogP contribution < -0.4 is 10.2 Å². The molecule has 2 atom stereocenters. The zero-order chi connectivity index (χ0) is 20.5. The molecule has 0 saturated heterocycles. The van der Waals surface area contributed by atoms with Crippen LogP contribution in [0.1, 0.15) is 65.3 Å². The predicted molar refractivity (Wildman–Crippen MR) is 111 cm³/mol. The van der Waals surface area contributed by atoms with Crippen LogP contribution in [-0.2, 0) is 6.42 Å². The van der Waals surface area contributed by atoms with Gasteiger partial charge in [-0.2, -0.15) is 0 Å². The lowest BCUT2D eigenvalue weighted by atomic mass is 9.99. The van der Waals surface area contributed by atoms with Crippen molar-refractivity contribution in [1.82, 2.24) is 0 Å². The van der Waals surface area contributed by atoms with Gasteiger partial charge in [-0.3, -0.25) is 4.79 Å². The quantitative estimate of drug-likeness (QED) is 0.604. The summed E-state index contributed by atoms with van der Waals surface area (Å²) in [5.41, 5.74) is 2.32. The Kier molecular flexibility index (Phi) is 5.14. The van der Waals surface area contributed by atoms with E-state index in [2.05, 4.69) is 13.0 Å². The number of hydrogen-bond donors (Lipinski definition) is 1. The van der Waals surface area contributed by atoms with E-state index in [1.165, 1.54) is 17.7 Å². The third-order valence-corrected chi connectivity index (χ3v) is 5.69. The predicted octanol–water partition coefficient (Wildman–Crippen LogP) is 5.11. The van der Waals surface area contributed by atoms with Crippen molar-refractivity contribution < 1.29 is 19.1 Å². The van der Waals surface area contributed by atoms with Crippen molar-refractivity contribution in [2.45, 2.75) is 44.4 Å². The Morgan fingerprint density at radius 2 is 2.03 bits per heavy atom. The van der Waals surface area contributed by atoms with Gasteiger partial charge in [0.05, 0.1) is 18.1 Å². The molecule has 1 aliphatic rings. The summed E-state index contributed by atoms with van der Waals surface area (Å²) in [7, 11) is 1.65. The van der Waals surface area contributed by atoms with Crippen molar-refractivity contribution in [3.8, 4) is 5.75 Å². The highest BCUT2D eigenvalue weighted by atomic mass is 16.5. The number of rotatable bonds is 7. The number of benzene rings is 2. The molecule has 0 amide bonds. The molecule has 3 aromatic rings. The second-order valence-electron chi connectivity index (χ2n) is 7.62. The summed E-state index contributed by atoms with van der Waals surface area (Å²) in [6.07, 6.45) is 3.42. The van der Waals surface area contributed by atoms with E-state index in [0.29, 0.717) is 28.9 Å². The maximum absolute atomic E-state index is 13.2. The van der Waals surface area contributed by atoms with E-state index < -0.39 is 5.97 Å². The lowest BCUT2D eigenvalue weighted by molar-refractivity contribution is 0.0697. The number of carbonyl (C=O) groups is 1. The van der Waals surface area contributed by atoms with Crippen molar-refractivity contribution >= 4 is 16.9 Å². The number of aromatic carboxylic acids is 1. The molecule has 1 heterocycles. The molecular formula is C24H24O5. The highest BCUT2D eigenvalue weighted by molar-refractivity contribution is 5.92. The summed E-state index contributed by atoms with van der Waals surface area (Å²) in [6, 6.07) is 12.5. The maximum atomic E-state index is 13.2.